The van der Waals surface area contributed by atoms with Crippen LogP contribution in [-0.2, 0) is 11.3 Å². The van der Waals surface area contributed by atoms with E-state index in [0.29, 0.717) is 23.5 Å². The summed E-state index contributed by atoms with van der Waals surface area (Å²) in [5.41, 5.74) is 1.56. The summed E-state index contributed by atoms with van der Waals surface area (Å²) >= 11 is 7.34. The SMILES string of the molecule is CCNC(=O)N(Cc1cccc(-c2sc(C(=O)O)c(OCC(=O)O)c2Cl)c1)C1CCCCC1. The highest BCUT2D eigenvalue weighted by molar-refractivity contribution is 7.18. The molecule has 0 atom stereocenters. The molecule has 1 heterocycles. The van der Waals surface area contributed by atoms with Crippen molar-refractivity contribution in [3.63, 3.8) is 0 Å². The van der Waals surface area contributed by atoms with Crippen LogP contribution in [0.2, 0.25) is 5.02 Å². The summed E-state index contributed by atoms with van der Waals surface area (Å²) in [6.45, 7) is 2.16. The minimum absolute atomic E-state index is 0.0589. The fourth-order valence-electron chi connectivity index (χ4n) is 4.01. The van der Waals surface area contributed by atoms with E-state index in [2.05, 4.69) is 5.32 Å². The number of carbonyl (C=O) groups is 3. The minimum Gasteiger partial charge on any atom is -0.479 e. The lowest BCUT2D eigenvalue weighted by Crippen LogP contribution is -2.46. The van der Waals surface area contributed by atoms with Gasteiger partial charge in [-0.3, -0.25) is 0 Å². The van der Waals surface area contributed by atoms with Gasteiger partial charge in [0.2, 0.25) is 0 Å². The van der Waals surface area contributed by atoms with Gasteiger partial charge in [-0.2, -0.15) is 0 Å². The standard InChI is InChI=1S/C23H27ClN2O6S/c1-2-25-23(31)26(16-9-4-3-5-10-16)12-14-7-6-8-15(11-14)20-18(24)19(32-13-17(27)28)21(33-20)22(29)30/h6-8,11,16H,2-5,9-10,12-13H2,1H3,(H,25,31)(H,27,28)(H,29,30). The summed E-state index contributed by atoms with van der Waals surface area (Å²) in [5, 5.41) is 21.4. The molecular formula is C23H27ClN2O6S. The molecule has 1 fully saturated rings. The van der Waals surface area contributed by atoms with E-state index < -0.39 is 18.5 Å². The Morgan fingerprint density at radius 1 is 1.21 bits per heavy atom. The number of urea groups is 1. The zero-order valence-corrected chi connectivity index (χ0v) is 19.9. The van der Waals surface area contributed by atoms with E-state index in [1.165, 1.54) is 6.42 Å². The van der Waals surface area contributed by atoms with E-state index in [9.17, 15) is 19.5 Å². The molecule has 33 heavy (non-hydrogen) atoms. The van der Waals surface area contributed by atoms with Crippen molar-refractivity contribution in [2.45, 2.75) is 51.6 Å². The van der Waals surface area contributed by atoms with Crippen LogP contribution in [0.25, 0.3) is 10.4 Å². The first-order valence-corrected chi connectivity index (χ1v) is 12.0. The lowest BCUT2D eigenvalue weighted by Gasteiger charge is -2.34. The molecule has 1 aliphatic carbocycles. The number of thiophene rings is 1. The Kier molecular flexibility index (Phi) is 8.57. The summed E-state index contributed by atoms with van der Waals surface area (Å²) in [7, 11) is 0. The molecule has 0 unspecified atom stereocenters. The number of benzene rings is 1. The first-order chi connectivity index (χ1) is 15.8. The summed E-state index contributed by atoms with van der Waals surface area (Å²) in [6, 6.07) is 7.50. The monoisotopic (exact) mass is 494 g/mol. The van der Waals surface area contributed by atoms with Gasteiger partial charge in [0.25, 0.3) is 0 Å². The topological polar surface area (TPSA) is 116 Å². The van der Waals surface area contributed by atoms with Gasteiger partial charge in [0.1, 0.15) is 5.02 Å². The molecule has 1 aliphatic rings. The highest BCUT2D eigenvalue weighted by Crippen LogP contribution is 2.45. The van der Waals surface area contributed by atoms with Gasteiger partial charge in [0.15, 0.2) is 17.2 Å². The van der Waals surface area contributed by atoms with Crippen LogP contribution in [0.1, 0.15) is 54.3 Å². The van der Waals surface area contributed by atoms with Crippen molar-refractivity contribution in [3.8, 4) is 16.2 Å². The molecule has 3 rings (SSSR count). The fourth-order valence-corrected chi connectivity index (χ4v) is 5.41. The van der Waals surface area contributed by atoms with Crippen molar-refractivity contribution in [2.24, 2.45) is 0 Å². The Bertz CT molecular complexity index is 1020. The number of carboxylic acids is 2. The number of amides is 2. The number of aromatic carboxylic acids is 1. The van der Waals surface area contributed by atoms with Crippen molar-refractivity contribution in [1.29, 1.82) is 0 Å². The maximum atomic E-state index is 12.8. The third kappa shape index (κ3) is 6.17. The number of halogens is 1. The molecule has 0 spiro atoms. The molecule has 178 valence electrons. The molecular weight excluding hydrogens is 468 g/mol. The number of hydrogen-bond acceptors (Lipinski definition) is 5. The van der Waals surface area contributed by atoms with Crippen molar-refractivity contribution < 1.29 is 29.3 Å². The molecule has 8 nitrogen and oxygen atoms in total. The highest BCUT2D eigenvalue weighted by atomic mass is 35.5. The third-order valence-electron chi connectivity index (χ3n) is 5.49. The van der Waals surface area contributed by atoms with E-state index in [1.54, 1.807) is 6.07 Å². The van der Waals surface area contributed by atoms with E-state index >= 15 is 0 Å². The molecule has 0 saturated heterocycles. The molecule has 1 saturated carbocycles. The van der Waals surface area contributed by atoms with Gasteiger partial charge in [-0.1, -0.05) is 49.1 Å². The number of hydrogen-bond donors (Lipinski definition) is 3. The van der Waals surface area contributed by atoms with Crippen LogP contribution in [0, 0.1) is 0 Å². The van der Waals surface area contributed by atoms with E-state index in [4.69, 9.17) is 21.4 Å². The molecule has 1 aromatic heterocycles. The van der Waals surface area contributed by atoms with Gasteiger partial charge in [0.05, 0.1) is 4.88 Å². The average molecular weight is 495 g/mol. The molecule has 2 aromatic rings. The number of nitrogens with zero attached hydrogens (tertiary/aromatic N) is 1. The van der Waals surface area contributed by atoms with Crippen LogP contribution in [0.5, 0.6) is 5.75 Å². The number of nitrogens with one attached hydrogen (secondary N) is 1. The Balaban J connectivity index is 1.90. The molecule has 1 aromatic carbocycles. The van der Waals surface area contributed by atoms with Crippen molar-refractivity contribution in [1.82, 2.24) is 10.2 Å². The van der Waals surface area contributed by atoms with Crippen molar-refractivity contribution in [3.05, 3.63) is 39.7 Å². The maximum absolute atomic E-state index is 12.8. The van der Waals surface area contributed by atoms with Gasteiger partial charge in [-0.25, -0.2) is 14.4 Å². The van der Waals surface area contributed by atoms with E-state index in [1.807, 2.05) is 30.0 Å². The van der Waals surface area contributed by atoms with Gasteiger partial charge < -0.3 is 25.2 Å². The van der Waals surface area contributed by atoms with Crippen LogP contribution in [0.3, 0.4) is 0 Å². The summed E-state index contributed by atoms with van der Waals surface area (Å²) in [5.74, 6) is -2.63. The van der Waals surface area contributed by atoms with Crippen LogP contribution >= 0.6 is 22.9 Å². The van der Waals surface area contributed by atoms with Gasteiger partial charge in [0, 0.05) is 19.1 Å². The van der Waals surface area contributed by atoms with Crippen LogP contribution in [0.15, 0.2) is 24.3 Å². The number of carbonyl (C=O) groups excluding carboxylic acids is 1. The minimum atomic E-state index is -1.25. The number of rotatable bonds is 9. The Morgan fingerprint density at radius 2 is 1.94 bits per heavy atom. The molecule has 3 N–H and O–H groups in total. The van der Waals surface area contributed by atoms with E-state index in [0.717, 1.165) is 42.6 Å². The van der Waals surface area contributed by atoms with E-state index in [-0.39, 0.29) is 27.7 Å². The van der Waals surface area contributed by atoms with Gasteiger partial charge in [-0.05, 0) is 37.0 Å². The quantitative estimate of drug-likeness (QED) is 0.447. The predicted molar refractivity (Wildman–Crippen MR) is 126 cm³/mol. The molecule has 0 radical (unpaired) electrons. The smallest absolute Gasteiger partial charge is 0.349 e. The predicted octanol–water partition coefficient (Wildman–Crippen LogP) is 5.09. The average Bonchev–Trinajstić information content (AvgIpc) is 3.13. The second-order valence-electron chi connectivity index (χ2n) is 7.85. The molecule has 2 amide bonds. The number of ether oxygens (including phenoxy) is 1. The molecule has 10 heteroatoms. The lowest BCUT2D eigenvalue weighted by molar-refractivity contribution is -0.139. The Labute approximate surface area is 201 Å². The number of carboxylic acid groups (broad SMARTS) is 2. The van der Waals surface area contributed by atoms with Crippen LogP contribution in [0.4, 0.5) is 4.79 Å². The van der Waals surface area contributed by atoms with Gasteiger partial charge in [-0.15, -0.1) is 11.3 Å². The highest BCUT2D eigenvalue weighted by Gasteiger charge is 2.27. The summed E-state index contributed by atoms with van der Waals surface area (Å²) in [4.78, 5) is 37.5. The Hall–Kier alpha value is -2.78. The Morgan fingerprint density at radius 3 is 2.58 bits per heavy atom. The zero-order chi connectivity index (χ0) is 24.0. The first kappa shape index (κ1) is 24.9. The van der Waals surface area contributed by atoms with Crippen molar-refractivity contribution >= 4 is 40.9 Å². The third-order valence-corrected chi connectivity index (χ3v) is 7.17. The summed E-state index contributed by atoms with van der Waals surface area (Å²) < 4.78 is 5.16. The molecule has 0 aliphatic heterocycles. The van der Waals surface area contributed by atoms with Crippen LogP contribution in [-0.4, -0.2) is 52.3 Å². The second kappa shape index (κ2) is 11.4. The lowest BCUT2D eigenvalue weighted by atomic mass is 9.94. The largest absolute Gasteiger partial charge is 0.479 e. The number of aliphatic carboxylic acids is 1. The maximum Gasteiger partial charge on any atom is 0.349 e. The van der Waals surface area contributed by atoms with Gasteiger partial charge >= 0.3 is 18.0 Å². The zero-order valence-electron chi connectivity index (χ0n) is 18.3. The fraction of sp³-hybridized carbons (Fsp3) is 0.435. The summed E-state index contributed by atoms with van der Waals surface area (Å²) in [6.07, 6.45) is 5.33. The second-order valence-corrected chi connectivity index (χ2v) is 9.25. The van der Waals surface area contributed by atoms with Crippen molar-refractivity contribution in [2.75, 3.05) is 13.2 Å². The normalized spacial score (nSPS) is 14.0. The first-order valence-electron chi connectivity index (χ1n) is 10.9. The van der Waals surface area contributed by atoms with Crippen LogP contribution < -0.4 is 10.1 Å². The molecule has 0 bridgehead atoms.